The van der Waals surface area contributed by atoms with E-state index in [0.717, 1.165) is 28.3 Å². The Kier molecular flexibility index (Phi) is 5.88. The third-order valence-corrected chi connectivity index (χ3v) is 5.70. The van der Waals surface area contributed by atoms with Crippen LogP contribution in [0.1, 0.15) is 27.9 Å². The predicted molar refractivity (Wildman–Crippen MR) is 121 cm³/mol. The Balaban J connectivity index is 1.69. The van der Waals surface area contributed by atoms with E-state index in [1.54, 1.807) is 0 Å². The highest BCUT2D eigenvalue weighted by molar-refractivity contribution is 6.33. The van der Waals surface area contributed by atoms with Crippen LogP contribution in [0.4, 0.5) is 19.0 Å². The zero-order valence-corrected chi connectivity index (χ0v) is 18.8. The van der Waals surface area contributed by atoms with Crippen LogP contribution in [-0.2, 0) is 17.4 Å². The van der Waals surface area contributed by atoms with Crippen LogP contribution in [0.2, 0.25) is 5.02 Å². The quantitative estimate of drug-likeness (QED) is 0.386. The molecule has 0 fully saturated rings. The summed E-state index contributed by atoms with van der Waals surface area (Å²) in [6.45, 7) is 5.97. The highest BCUT2D eigenvalue weighted by atomic mass is 35.5. The lowest BCUT2D eigenvalue weighted by Crippen LogP contribution is -2.17. The number of imidazole rings is 1. The van der Waals surface area contributed by atoms with E-state index in [0.29, 0.717) is 23.2 Å². The van der Waals surface area contributed by atoms with E-state index >= 15 is 0 Å². The molecule has 0 aliphatic heterocycles. The van der Waals surface area contributed by atoms with Crippen LogP contribution >= 0.6 is 11.6 Å². The van der Waals surface area contributed by atoms with Gasteiger partial charge in [0.1, 0.15) is 5.65 Å². The Labute approximate surface area is 193 Å². The average molecular weight is 473 g/mol. The number of aryl methyl sites for hydroxylation is 3. The van der Waals surface area contributed by atoms with Gasteiger partial charge in [0.25, 0.3) is 0 Å². The van der Waals surface area contributed by atoms with Gasteiger partial charge in [-0.05, 0) is 61.7 Å². The highest BCUT2D eigenvalue weighted by Crippen LogP contribution is 2.33. The number of nitrogens with one attached hydrogen (secondary N) is 1. The van der Waals surface area contributed by atoms with Crippen molar-refractivity contribution in [1.29, 1.82) is 0 Å². The number of alkyl halides is 3. The number of carbonyl (C=O) groups excluding carboxylic acids is 1. The van der Waals surface area contributed by atoms with Crippen LogP contribution in [0, 0.1) is 20.8 Å². The minimum Gasteiger partial charge on any atom is -0.309 e. The minimum atomic E-state index is -4.57. The number of hydrogen-bond donors (Lipinski definition) is 1. The summed E-state index contributed by atoms with van der Waals surface area (Å²) in [5.74, 6) is -0.608. The number of rotatable bonds is 4. The van der Waals surface area contributed by atoms with Crippen molar-refractivity contribution >= 4 is 29.0 Å². The molecule has 0 bridgehead atoms. The first-order chi connectivity index (χ1) is 15.5. The van der Waals surface area contributed by atoms with Crippen molar-refractivity contribution < 1.29 is 18.0 Å². The molecule has 0 atom stereocenters. The summed E-state index contributed by atoms with van der Waals surface area (Å²) in [5.41, 5.74) is 5.14. The lowest BCUT2D eigenvalue weighted by atomic mass is 10.0. The summed E-state index contributed by atoms with van der Waals surface area (Å²) >= 11 is 5.94. The highest BCUT2D eigenvalue weighted by Gasteiger charge is 2.31. The van der Waals surface area contributed by atoms with Crippen molar-refractivity contribution in [3.63, 3.8) is 0 Å². The molecule has 170 valence electrons. The van der Waals surface area contributed by atoms with E-state index < -0.39 is 17.6 Å². The molecule has 33 heavy (non-hydrogen) atoms. The molecule has 0 aliphatic rings. The lowest BCUT2D eigenvalue weighted by molar-refractivity contribution is -0.137. The number of aromatic nitrogens is 3. The Hall–Kier alpha value is -3.39. The normalized spacial score (nSPS) is 11.7. The summed E-state index contributed by atoms with van der Waals surface area (Å²) in [7, 11) is 0. The standard InChI is InChI=1S/C24H20ClF3N4O/c1-13-6-7-32-19(22(30-20(32)8-13)16-5-4-14(2)15(3)9-16)11-21(33)31-23-18(25)10-17(12-29-23)24(26,27)28/h4-10,12H,11H2,1-3H3,(H,29,31,33). The fourth-order valence-electron chi connectivity index (χ4n) is 3.50. The number of halogens is 4. The molecule has 0 saturated heterocycles. The third kappa shape index (κ3) is 4.71. The maximum absolute atomic E-state index is 12.9. The summed E-state index contributed by atoms with van der Waals surface area (Å²) in [5, 5.41) is 2.22. The lowest BCUT2D eigenvalue weighted by Gasteiger charge is -2.11. The number of fused-ring (bicyclic) bond motifs is 1. The van der Waals surface area contributed by atoms with Crippen LogP contribution in [0.5, 0.6) is 0 Å². The van der Waals surface area contributed by atoms with Crippen LogP contribution in [0.3, 0.4) is 0 Å². The Bertz CT molecular complexity index is 1380. The van der Waals surface area contributed by atoms with Gasteiger partial charge >= 0.3 is 6.18 Å². The Morgan fingerprint density at radius 1 is 1.09 bits per heavy atom. The van der Waals surface area contributed by atoms with Gasteiger partial charge in [0.05, 0.1) is 28.4 Å². The summed E-state index contributed by atoms with van der Waals surface area (Å²) in [6, 6.07) is 10.5. The van der Waals surface area contributed by atoms with Crippen molar-refractivity contribution in [3.8, 4) is 11.3 Å². The second-order valence-corrected chi connectivity index (χ2v) is 8.32. The zero-order chi connectivity index (χ0) is 23.9. The predicted octanol–water partition coefficient (Wildman–Crippen LogP) is 6.17. The van der Waals surface area contributed by atoms with Gasteiger partial charge in [0.15, 0.2) is 5.82 Å². The molecule has 1 aromatic carbocycles. The molecule has 0 radical (unpaired) electrons. The molecule has 0 spiro atoms. The topological polar surface area (TPSA) is 59.3 Å². The minimum absolute atomic E-state index is 0.0779. The van der Waals surface area contributed by atoms with E-state index in [4.69, 9.17) is 16.6 Å². The van der Waals surface area contributed by atoms with E-state index in [-0.39, 0.29) is 17.3 Å². The van der Waals surface area contributed by atoms with E-state index in [9.17, 15) is 18.0 Å². The number of hydrogen-bond acceptors (Lipinski definition) is 3. The first kappa shape index (κ1) is 22.8. The van der Waals surface area contributed by atoms with Crippen molar-refractivity contribution in [3.05, 3.63) is 81.8 Å². The number of nitrogens with zero attached hydrogens (tertiary/aromatic N) is 3. The monoisotopic (exact) mass is 472 g/mol. The number of amides is 1. The molecular formula is C24H20ClF3N4O. The van der Waals surface area contributed by atoms with Gasteiger partial charge in [0, 0.05) is 18.0 Å². The van der Waals surface area contributed by atoms with Gasteiger partial charge in [-0.2, -0.15) is 13.2 Å². The van der Waals surface area contributed by atoms with E-state index in [1.807, 2.05) is 61.7 Å². The number of anilines is 1. The van der Waals surface area contributed by atoms with Crippen LogP contribution < -0.4 is 5.32 Å². The summed E-state index contributed by atoms with van der Waals surface area (Å²) in [4.78, 5) is 21.3. The molecule has 9 heteroatoms. The fourth-order valence-corrected chi connectivity index (χ4v) is 3.71. The number of carbonyl (C=O) groups is 1. The molecule has 0 aliphatic carbocycles. The smallest absolute Gasteiger partial charge is 0.309 e. The van der Waals surface area contributed by atoms with Crippen molar-refractivity contribution in [2.75, 3.05) is 5.32 Å². The third-order valence-electron chi connectivity index (χ3n) is 5.42. The van der Waals surface area contributed by atoms with Crippen molar-refractivity contribution in [2.45, 2.75) is 33.4 Å². The van der Waals surface area contributed by atoms with Gasteiger partial charge in [-0.3, -0.25) is 4.79 Å². The van der Waals surface area contributed by atoms with Gasteiger partial charge in [-0.15, -0.1) is 0 Å². The van der Waals surface area contributed by atoms with Crippen LogP contribution in [0.15, 0.2) is 48.8 Å². The molecule has 1 amide bonds. The second-order valence-electron chi connectivity index (χ2n) is 7.92. The number of benzene rings is 1. The van der Waals surface area contributed by atoms with E-state index in [1.165, 1.54) is 0 Å². The second kappa shape index (κ2) is 8.51. The van der Waals surface area contributed by atoms with Gasteiger partial charge < -0.3 is 9.72 Å². The molecule has 0 unspecified atom stereocenters. The average Bonchev–Trinajstić information content (AvgIpc) is 3.08. The van der Waals surface area contributed by atoms with Gasteiger partial charge in [-0.25, -0.2) is 9.97 Å². The number of pyridine rings is 2. The molecule has 1 N–H and O–H groups in total. The van der Waals surface area contributed by atoms with Crippen LogP contribution in [0.25, 0.3) is 16.9 Å². The maximum Gasteiger partial charge on any atom is 0.417 e. The molecule has 3 heterocycles. The molecule has 5 nitrogen and oxygen atoms in total. The van der Waals surface area contributed by atoms with E-state index in [2.05, 4.69) is 10.3 Å². The first-order valence-corrected chi connectivity index (χ1v) is 10.5. The summed E-state index contributed by atoms with van der Waals surface area (Å²) in [6.07, 6.45) is -2.17. The molecular weight excluding hydrogens is 453 g/mol. The van der Waals surface area contributed by atoms with Crippen LogP contribution in [-0.4, -0.2) is 20.3 Å². The first-order valence-electron chi connectivity index (χ1n) is 10.1. The van der Waals surface area contributed by atoms with Gasteiger partial charge in [0.2, 0.25) is 5.91 Å². The molecule has 4 aromatic rings. The molecule has 0 saturated carbocycles. The van der Waals surface area contributed by atoms with Crippen molar-refractivity contribution in [2.24, 2.45) is 0 Å². The maximum atomic E-state index is 12.9. The van der Waals surface area contributed by atoms with Gasteiger partial charge in [-0.1, -0.05) is 23.7 Å². The molecule has 3 aromatic heterocycles. The Morgan fingerprint density at radius 3 is 2.52 bits per heavy atom. The zero-order valence-electron chi connectivity index (χ0n) is 18.1. The SMILES string of the molecule is Cc1ccn2c(CC(=O)Nc3ncc(C(F)(F)F)cc3Cl)c(-c3ccc(C)c(C)c3)nc2c1. The Morgan fingerprint density at radius 2 is 1.85 bits per heavy atom. The largest absolute Gasteiger partial charge is 0.417 e. The fraction of sp³-hybridized carbons (Fsp3) is 0.208. The summed E-state index contributed by atoms with van der Waals surface area (Å²) < 4.78 is 40.4. The van der Waals surface area contributed by atoms with Crippen molar-refractivity contribution in [1.82, 2.24) is 14.4 Å². The molecule has 4 rings (SSSR count).